The van der Waals surface area contributed by atoms with E-state index in [2.05, 4.69) is 242 Å². The van der Waals surface area contributed by atoms with Crippen LogP contribution in [0.1, 0.15) is 104 Å². The highest BCUT2D eigenvalue weighted by molar-refractivity contribution is 7.33. The molecule has 324 valence electrons. The van der Waals surface area contributed by atoms with Crippen molar-refractivity contribution in [2.45, 2.75) is 104 Å². The first kappa shape index (κ1) is 41.7. The molecule has 2 aliphatic heterocycles. The van der Waals surface area contributed by atoms with Crippen molar-refractivity contribution in [3.8, 4) is 0 Å². The Bertz CT molecular complexity index is 3080. The molecule has 0 saturated carbocycles. The Morgan fingerprint density at radius 3 is 1.58 bits per heavy atom. The third-order valence-corrected chi connectivity index (χ3v) is 16.0. The lowest BCUT2D eigenvalue weighted by molar-refractivity contribution is 0.332. The SMILES string of the molecule is CC(C)(C)c1ccc(N2c3ccc(C(C)(C)C)cc3B3c4sc5cc6c(cc5c4N(c4ccccc4)c4cc(N(c5ccccc5)c5ccccc5)cc2c43)C(C)(C)CCC6(C)C)cc1. The van der Waals surface area contributed by atoms with Crippen molar-refractivity contribution in [3.05, 3.63) is 180 Å². The normalized spacial score (nSPS) is 15.9. The van der Waals surface area contributed by atoms with Crippen LogP contribution >= 0.6 is 11.3 Å². The molecule has 0 saturated heterocycles. The quantitative estimate of drug-likeness (QED) is 0.160. The molecule has 0 atom stereocenters. The molecule has 0 amide bonds. The molecule has 0 spiro atoms. The third-order valence-electron chi connectivity index (χ3n) is 14.8. The highest BCUT2D eigenvalue weighted by Crippen LogP contribution is 2.54. The minimum atomic E-state index is -0.0308. The van der Waals surface area contributed by atoms with Crippen LogP contribution in [0, 0.1) is 0 Å². The molecule has 1 aromatic heterocycles. The van der Waals surface area contributed by atoms with Crippen molar-refractivity contribution in [3.63, 3.8) is 0 Å². The monoisotopic (exact) mass is 865 g/mol. The zero-order valence-corrected chi connectivity index (χ0v) is 40.6. The van der Waals surface area contributed by atoms with Crippen LogP contribution in [0.5, 0.6) is 0 Å². The van der Waals surface area contributed by atoms with Gasteiger partial charge in [0.2, 0.25) is 0 Å². The van der Waals surface area contributed by atoms with Gasteiger partial charge in [-0.3, -0.25) is 0 Å². The van der Waals surface area contributed by atoms with Gasteiger partial charge in [0.25, 0.3) is 6.71 Å². The fourth-order valence-electron chi connectivity index (χ4n) is 11.0. The number of thiophene rings is 1. The van der Waals surface area contributed by atoms with Gasteiger partial charge in [-0.05, 0) is 147 Å². The fourth-order valence-corrected chi connectivity index (χ4v) is 12.3. The number of fused-ring (bicyclic) bond motifs is 7. The summed E-state index contributed by atoms with van der Waals surface area (Å²) in [5, 5.41) is 1.35. The molecule has 0 fully saturated rings. The summed E-state index contributed by atoms with van der Waals surface area (Å²) in [6.45, 7) is 23.8. The van der Waals surface area contributed by atoms with Gasteiger partial charge in [-0.2, -0.15) is 0 Å². The van der Waals surface area contributed by atoms with Crippen molar-refractivity contribution >= 4 is 95.0 Å². The number of rotatable bonds is 5. The van der Waals surface area contributed by atoms with Crippen LogP contribution in [-0.2, 0) is 21.7 Å². The van der Waals surface area contributed by atoms with E-state index < -0.39 is 0 Å². The number of hydrogen-bond donors (Lipinski definition) is 0. The van der Waals surface area contributed by atoms with Gasteiger partial charge >= 0.3 is 0 Å². The van der Waals surface area contributed by atoms with Gasteiger partial charge in [0.05, 0.1) is 11.4 Å². The molecular weight excluding hydrogens is 806 g/mol. The van der Waals surface area contributed by atoms with Gasteiger partial charge in [0.1, 0.15) is 0 Å². The van der Waals surface area contributed by atoms with E-state index in [-0.39, 0.29) is 28.4 Å². The summed E-state index contributed by atoms with van der Waals surface area (Å²) >= 11 is 2.02. The van der Waals surface area contributed by atoms with Crippen molar-refractivity contribution < 1.29 is 0 Å². The van der Waals surface area contributed by atoms with E-state index in [1.807, 2.05) is 11.3 Å². The molecule has 3 aliphatic rings. The summed E-state index contributed by atoms with van der Waals surface area (Å²) in [6, 6.07) is 59.9. The van der Waals surface area contributed by atoms with E-state index in [0.29, 0.717) is 0 Å². The smallest absolute Gasteiger partial charge is 0.264 e. The molecule has 0 radical (unpaired) electrons. The maximum Gasteiger partial charge on any atom is 0.264 e. The van der Waals surface area contributed by atoms with E-state index in [9.17, 15) is 0 Å². The Labute approximate surface area is 391 Å². The van der Waals surface area contributed by atoms with Crippen molar-refractivity contribution in [1.82, 2.24) is 0 Å². The van der Waals surface area contributed by atoms with E-state index in [4.69, 9.17) is 0 Å². The van der Waals surface area contributed by atoms with E-state index in [1.165, 1.54) is 89.3 Å². The Hall–Kier alpha value is -6.04. The Balaban J connectivity index is 1.29. The number of hydrogen-bond acceptors (Lipinski definition) is 4. The minimum absolute atomic E-state index is 0.0174. The van der Waals surface area contributed by atoms with Gasteiger partial charge < -0.3 is 14.7 Å². The first-order chi connectivity index (χ1) is 31.0. The molecule has 1 aliphatic carbocycles. The second kappa shape index (κ2) is 14.7. The molecule has 0 N–H and O–H groups in total. The Morgan fingerprint density at radius 1 is 0.508 bits per heavy atom. The lowest BCUT2D eigenvalue weighted by Gasteiger charge is -2.44. The molecular formula is C60H60BN3S. The van der Waals surface area contributed by atoms with Gasteiger partial charge in [0, 0.05) is 54.7 Å². The maximum absolute atomic E-state index is 2.63. The summed E-state index contributed by atoms with van der Waals surface area (Å²) in [7, 11) is 0. The lowest BCUT2D eigenvalue weighted by Crippen LogP contribution is -2.60. The first-order valence-electron chi connectivity index (χ1n) is 23.6. The molecule has 0 unspecified atom stereocenters. The molecule has 65 heavy (non-hydrogen) atoms. The van der Waals surface area contributed by atoms with Crippen LogP contribution in [0.25, 0.3) is 10.1 Å². The second-order valence-electron chi connectivity index (χ2n) is 22.1. The predicted octanol–water partition coefficient (Wildman–Crippen LogP) is 15.4. The van der Waals surface area contributed by atoms with Gasteiger partial charge in [-0.1, -0.05) is 148 Å². The minimum Gasteiger partial charge on any atom is -0.311 e. The van der Waals surface area contributed by atoms with Gasteiger partial charge in [-0.15, -0.1) is 11.3 Å². The van der Waals surface area contributed by atoms with Crippen molar-refractivity contribution in [2.24, 2.45) is 0 Å². The molecule has 3 nitrogen and oxygen atoms in total. The Morgan fingerprint density at radius 2 is 1.02 bits per heavy atom. The van der Waals surface area contributed by atoms with Crippen LogP contribution in [-0.4, -0.2) is 6.71 Å². The maximum atomic E-state index is 2.63. The summed E-state index contributed by atoms with van der Waals surface area (Å²) in [5.74, 6) is 0. The van der Waals surface area contributed by atoms with Crippen molar-refractivity contribution in [2.75, 3.05) is 14.7 Å². The van der Waals surface area contributed by atoms with Crippen molar-refractivity contribution in [1.29, 1.82) is 0 Å². The average Bonchev–Trinajstić information content (AvgIpc) is 3.66. The molecule has 11 rings (SSSR count). The van der Waals surface area contributed by atoms with Crippen LogP contribution in [0.15, 0.2) is 158 Å². The number of benzene rings is 7. The molecule has 7 aromatic carbocycles. The highest BCUT2D eigenvalue weighted by atomic mass is 32.1. The fraction of sp³-hybridized carbons (Fsp3) is 0.267. The second-order valence-corrected chi connectivity index (χ2v) is 23.2. The van der Waals surface area contributed by atoms with E-state index >= 15 is 0 Å². The number of anilines is 9. The molecule has 3 heterocycles. The first-order valence-corrected chi connectivity index (χ1v) is 24.4. The topological polar surface area (TPSA) is 9.72 Å². The molecule has 8 aromatic rings. The molecule has 0 bridgehead atoms. The largest absolute Gasteiger partial charge is 0.311 e. The summed E-state index contributed by atoms with van der Waals surface area (Å²) in [5.41, 5.74) is 19.3. The summed E-state index contributed by atoms with van der Waals surface area (Å²) < 4.78 is 2.79. The standard InChI is InChI=1S/C60H60BN3S/c1-57(2,3)39-26-29-44(30-27-39)63-50-31-28-40(58(4,5)6)34-49(50)61-54-51(63)35-45(62(41-20-14-11-15-21-41)42-22-16-12-17-23-42)36-52(54)64(43-24-18-13-19-25-43)55-46-37-47-48(38-53(46)65-56(55)61)60(9,10)33-32-59(47,7)8/h11-31,34-38H,32-33H2,1-10H3. The number of para-hydroxylation sites is 3. The van der Waals surface area contributed by atoms with Gasteiger partial charge in [-0.25, -0.2) is 0 Å². The van der Waals surface area contributed by atoms with Crippen LogP contribution < -0.4 is 30.4 Å². The van der Waals surface area contributed by atoms with Crippen LogP contribution in [0.3, 0.4) is 0 Å². The van der Waals surface area contributed by atoms with E-state index in [0.717, 1.165) is 22.7 Å². The lowest BCUT2D eigenvalue weighted by atomic mass is 9.36. The summed E-state index contributed by atoms with van der Waals surface area (Å²) in [6.07, 6.45) is 2.37. The number of nitrogens with zero attached hydrogens (tertiary/aromatic N) is 3. The average molecular weight is 866 g/mol. The Kier molecular flexibility index (Phi) is 9.45. The zero-order valence-electron chi connectivity index (χ0n) is 39.8. The third kappa shape index (κ3) is 6.75. The summed E-state index contributed by atoms with van der Waals surface area (Å²) in [4.78, 5) is 7.65. The van der Waals surface area contributed by atoms with Gasteiger partial charge in [0.15, 0.2) is 0 Å². The molecule has 5 heteroatoms. The zero-order chi connectivity index (χ0) is 45.2. The van der Waals surface area contributed by atoms with Crippen LogP contribution in [0.2, 0.25) is 0 Å². The predicted molar refractivity (Wildman–Crippen MR) is 283 cm³/mol. The van der Waals surface area contributed by atoms with E-state index in [1.54, 1.807) is 0 Å². The highest BCUT2D eigenvalue weighted by Gasteiger charge is 2.47. The van der Waals surface area contributed by atoms with Crippen LogP contribution in [0.4, 0.5) is 51.2 Å².